The van der Waals surface area contributed by atoms with Crippen LogP contribution in [0.3, 0.4) is 0 Å². The first kappa shape index (κ1) is 14.7. The molecule has 0 saturated heterocycles. The second-order valence-corrected chi connectivity index (χ2v) is 6.71. The van der Waals surface area contributed by atoms with Gasteiger partial charge in [0.25, 0.3) is 0 Å². The molecule has 21 heavy (non-hydrogen) atoms. The summed E-state index contributed by atoms with van der Waals surface area (Å²) in [6.07, 6.45) is 0. The van der Waals surface area contributed by atoms with Crippen LogP contribution in [-0.4, -0.2) is 13.2 Å². The quantitative estimate of drug-likeness (QED) is 0.788. The van der Waals surface area contributed by atoms with Gasteiger partial charge in [-0.2, -0.15) is 0 Å². The van der Waals surface area contributed by atoms with Crippen molar-refractivity contribution in [2.45, 2.75) is 13.0 Å². The lowest BCUT2D eigenvalue weighted by atomic mass is 9.99. The molecule has 0 aliphatic carbocycles. The third kappa shape index (κ3) is 3.32. The fourth-order valence-corrected chi connectivity index (χ4v) is 2.68. The molecular weight excluding hydrogens is 377 g/mol. The Morgan fingerprint density at radius 3 is 2.33 bits per heavy atom. The molecule has 1 aliphatic heterocycles. The van der Waals surface area contributed by atoms with Gasteiger partial charge < -0.3 is 15.2 Å². The van der Waals surface area contributed by atoms with Gasteiger partial charge in [-0.3, -0.25) is 0 Å². The van der Waals surface area contributed by atoms with E-state index in [4.69, 9.17) is 15.2 Å². The first-order valence-electron chi connectivity index (χ1n) is 7.04. The van der Waals surface area contributed by atoms with Crippen molar-refractivity contribution in [3.05, 3.63) is 57.2 Å². The van der Waals surface area contributed by atoms with Crippen molar-refractivity contribution in [2.24, 2.45) is 11.7 Å². The number of hydrogen-bond acceptors (Lipinski definition) is 3. The van der Waals surface area contributed by atoms with Crippen molar-refractivity contribution in [3.63, 3.8) is 0 Å². The summed E-state index contributed by atoms with van der Waals surface area (Å²) in [6.45, 7) is 3.48. The van der Waals surface area contributed by atoms with E-state index in [1.165, 1.54) is 3.57 Å². The maximum Gasteiger partial charge on any atom is 0.161 e. The lowest BCUT2D eigenvalue weighted by molar-refractivity contribution is 0.228. The van der Waals surface area contributed by atoms with Crippen molar-refractivity contribution in [2.75, 3.05) is 13.2 Å². The Morgan fingerprint density at radius 1 is 1.00 bits per heavy atom. The van der Waals surface area contributed by atoms with Gasteiger partial charge in [0.05, 0.1) is 19.3 Å². The second-order valence-electron chi connectivity index (χ2n) is 5.46. The van der Waals surface area contributed by atoms with E-state index in [9.17, 15) is 0 Å². The lowest BCUT2D eigenvalue weighted by Gasteiger charge is -2.15. The lowest BCUT2D eigenvalue weighted by Crippen LogP contribution is -2.12. The van der Waals surface area contributed by atoms with Crippen molar-refractivity contribution >= 4 is 22.6 Å². The molecule has 1 aliphatic rings. The molecule has 2 atom stereocenters. The molecule has 0 aromatic heterocycles. The van der Waals surface area contributed by atoms with E-state index in [1.54, 1.807) is 0 Å². The van der Waals surface area contributed by atoms with E-state index in [2.05, 4.69) is 53.8 Å². The monoisotopic (exact) mass is 395 g/mol. The van der Waals surface area contributed by atoms with E-state index in [0.29, 0.717) is 19.1 Å². The Balaban J connectivity index is 1.88. The number of halogens is 1. The number of benzene rings is 2. The van der Waals surface area contributed by atoms with Crippen LogP contribution in [0.2, 0.25) is 0 Å². The Morgan fingerprint density at radius 2 is 1.62 bits per heavy atom. The highest BCUT2D eigenvalue weighted by atomic mass is 127. The van der Waals surface area contributed by atoms with E-state index in [0.717, 1.165) is 22.6 Å². The molecule has 0 amide bonds. The highest BCUT2D eigenvalue weighted by molar-refractivity contribution is 14.1. The van der Waals surface area contributed by atoms with Crippen LogP contribution in [0.1, 0.15) is 24.1 Å². The number of ether oxygens (including phenoxy) is 2. The molecule has 0 fully saturated rings. The summed E-state index contributed by atoms with van der Waals surface area (Å²) in [4.78, 5) is 0. The maximum absolute atomic E-state index is 6.37. The molecule has 4 heteroatoms. The minimum Gasteiger partial charge on any atom is -0.489 e. The van der Waals surface area contributed by atoms with Gasteiger partial charge in [0.2, 0.25) is 0 Å². The van der Waals surface area contributed by atoms with Gasteiger partial charge in [0.15, 0.2) is 11.5 Å². The first-order valence-corrected chi connectivity index (χ1v) is 8.12. The first-order chi connectivity index (χ1) is 10.1. The minimum absolute atomic E-state index is 0.156. The average Bonchev–Trinajstić information content (AvgIpc) is 2.69. The molecule has 2 aromatic rings. The molecule has 3 nitrogen and oxygen atoms in total. The minimum atomic E-state index is -0.156. The summed E-state index contributed by atoms with van der Waals surface area (Å²) in [6, 6.07) is 14.1. The summed E-state index contributed by atoms with van der Waals surface area (Å²) < 4.78 is 12.8. The Hall–Kier alpha value is -1.27. The van der Waals surface area contributed by atoms with Gasteiger partial charge >= 0.3 is 0 Å². The van der Waals surface area contributed by atoms with Gasteiger partial charge in [-0.25, -0.2) is 0 Å². The van der Waals surface area contributed by atoms with Crippen LogP contribution in [0.15, 0.2) is 42.5 Å². The molecule has 2 aromatic carbocycles. The third-order valence-corrected chi connectivity index (χ3v) is 4.32. The summed E-state index contributed by atoms with van der Waals surface area (Å²) in [5.41, 5.74) is 8.50. The Labute approximate surface area is 138 Å². The predicted octanol–water partition coefficient (Wildman–Crippen LogP) is 3.75. The van der Waals surface area contributed by atoms with Crippen LogP contribution in [0.5, 0.6) is 11.5 Å². The van der Waals surface area contributed by atoms with Crippen molar-refractivity contribution in [1.82, 2.24) is 0 Å². The highest BCUT2D eigenvalue weighted by Crippen LogP contribution is 2.34. The van der Waals surface area contributed by atoms with Gasteiger partial charge in [0.1, 0.15) is 0 Å². The zero-order chi connectivity index (χ0) is 14.8. The highest BCUT2D eigenvalue weighted by Gasteiger charge is 2.17. The van der Waals surface area contributed by atoms with Crippen LogP contribution >= 0.6 is 22.6 Å². The predicted molar refractivity (Wildman–Crippen MR) is 91.8 cm³/mol. The summed E-state index contributed by atoms with van der Waals surface area (Å²) in [5.74, 6) is 1.99. The van der Waals surface area contributed by atoms with Gasteiger partial charge in [0, 0.05) is 9.49 Å². The Bertz CT molecular complexity index is 627. The molecule has 2 unspecified atom stereocenters. The second kappa shape index (κ2) is 6.23. The SMILES string of the molecule is CC1COc2ccc(C(N)c3ccc(I)cc3)cc2OC1. The topological polar surface area (TPSA) is 44.5 Å². The molecule has 0 spiro atoms. The fourth-order valence-electron chi connectivity index (χ4n) is 2.32. The maximum atomic E-state index is 6.37. The number of hydrogen-bond donors (Lipinski definition) is 1. The van der Waals surface area contributed by atoms with E-state index in [1.807, 2.05) is 18.2 Å². The largest absolute Gasteiger partial charge is 0.489 e. The zero-order valence-corrected chi connectivity index (χ0v) is 14.0. The van der Waals surface area contributed by atoms with Crippen LogP contribution in [0.25, 0.3) is 0 Å². The van der Waals surface area contributed by atoms with Crippen molar-refractivity contribution in [3.8, 4) is 11.5 Å². The smallest absolute Gasteiger partial charge is 0.161 e. The summed E-state index contributed by atoms with van der Waals surface area (Å²) >= 11 is 2.29. The molecule has 110 valence electrons. The molecule has 0 saturated carbocycles. The molecular formula is C17H18INO2. The van der Waals surface area contributed by atoms with Crippen LogP contribution in [0, 0.1) is 9.49 Å². The molecule has 0 radical (unpaired) electrons. The normalized spacial score (nSPS) is 18.9. The van der Waals surface area contributed by atoms with Gasteiger partial charge in [-0.1, -0.05) is 25.1 Å². The fraction of sp³-hybridized carbons (Fsp3) is 0.294. The number of fused-ring (bicyclic) bond motifs is 1. The molecule has 1 heterocycles. The van der Waals surface area contributed by atoms with Gasteiger partial charge in [-0.05, 0) is 58.0 Å². The molecule has 0 bridgehead atoms. The third-order valence-electron chi connectivity index (χ3n) is 3.60. The molecule has 2 N–H and O–H groups in total. The van der Waals surface area contributed by atoms with Crippen LogP contribution in [-0.2, 0) is 0 Å². The summed E-state index contributed by atoms with van der Waals surface area (Å²) in [7, 11) is 0. The van der Waals surface area contributed by atoms with Crippen LogP contribution in [0.4, 0.5) is 0 Å². The van der Waals surface area contributed by atoms with E-state index in [-0.39, 0.29) is 6.04 Å². The average molecular weight is 395 g/mol. The van der Waals surface area contributed by atoms with E-state index < -0.39 is 0 Å². The van der Waals surface area contributed by atoms with Crippen molar-refractivity contribution < 1.29 is 9.47 Å². The molecule has 3 rings (SSSR count). The Kier molecular flexibility index (Phi) is 4.35. The van der Waals surface area contributed by atoms with E-state index >= 15 is 0 Å². The van der Waals surface area contributed by atoms with Crippen molar-refractivity contribution in [1.29, 1.82) is 0 Å². The number of nitrogens with two attached hydrogens (primary N) is 1. The van der Waals surface area contributed by atoms with Crippen LogP contribution < -0.4 is 15.2 Å². The standard InChI is InChI=1S/C17H18INO2/c1-11-9-20-15-7-4-13(8-16(15)21-10-11)17(19)12-2-5-14(18)6-3-12/h2-8,11,17H,9-10,19H2,1H3. The number of rotatable bonds is 2. The summed E-state index contributed by atoms with van der Waals surface area (Å²) in [5, 5.41) is 0. The van der Waals surface area contributed by atoms with Gasteiger partial charge in [-0.15, -0.1) is 0 Å². The zero-order valence-electron chi connectivity index (χ0n) is 11.9.